The molecule has 0 aliphatic rings. The van der Waals surface area contributed by atoms with Crippen LogP contribution in [0.15, 0.2) is 0 Å². The van der Waals surface area contributed by atoms with Crippen molar-refractivity contribution in [3.8, 4) is 0 Å². The third-order valence-corrected chi connectivity index (χ3v) is 22.6. The Morgan fingerprint density at radius 2 is 0.484 bits per heavy atom. The molecule has 530 valence electrons. The van der Waals surface area contributed by atoms with Crippen molar-refractivity contribution < 1.29 is 114 Å². The van der Waals surface area contributed by atoms with E-state index in [9.17, 15) is 110 Å². The maximum absolute atomic E-state index is 14.5. The molecule has 32 nitrogen and oxygen atoms in total. The number of rotatable bonds is 36. The first-order valence-corrected chi connectivity index (χ1v) is 37.4. The Bertz CT molecular complexity index is 3200. The molecule has 95 heavy (non-hydrogen) atoms. The quantitative estimate of drug-likeness (QED) is 0.0276. The SMILES string of the molecule is CC(=O)N(CC(O)COCC(O)CNC(=O)c1c(I)c(C(=O)NCC(O)CO)c(I)c(N(CC(O)CN(C(C)=O)c2c(I)c(C(=O)NCC(O)CO)c(I)c(C(=O)NCC(O)CO)c2I)C(C)=O)c1I)c1c(I)c(C(=O)NCC(O)CO)c(I)c(C(=O)NCC(O)CO)c1I. The highest BCUT2D eigenvalue weighted by molar-refractivity contribution is 14.1. The molecule has 0 fully saturated rings. The normalized spacial score (nSPS) is 13.9. The van der Waals surface area contributed by atoms with Gasteiger partial charge >= 0.3 is 0 Å². The molecule has 0 saturated carbocycles. The number of ether oxygens (including phenoxy) is 1. The number of nitrogens with zero attached hydrogens (tertiary/aromatic N) is 3. The third-order valence-electron chi connectivity index (χ3n) is 13.0. The van der Waals surface area contributed by atoms with Gasteiger partial charge in [-0.2, -0.15) is 0 Å². The van der Waals surface area contributed by atoms with Crippen molar-refractivity contribution in [3.05, 3.63) is 65.5 Å². The number of nitrogens with one attached hydrogen (secondary N) is 6. The third kappa shape index (κ3) is 24.5. The zero-order valence-corrected chi connectivity index (χ0v) is 69.5. The maximum atomic E-state index is 14.5. The monoisotopic (exact) mass is 2350 g/mol. The fourth-order valence-electron chi connectivity index (χ4n) is 8.25. The Morgan fingerprint density at radius 1 is 0.305 bits per heavy atom. The van der Waals surface area contributed by atoms with Gasteiger partial charge in [-0.05, 0) is 203 Å². The number of hydrogen-bond acceptors (Lipinski definition) is 23. The number of halogens is 9. The van der Waals surface area contributed by atoms with Crippen LogP contribution in [0.5, 0.6) is 0 Å². The highest BCUT2D eigenvalue weighted by Crippen LogP contribution is 2.42. The van der Waals surface area contributed by atoms with Gasteiger partial charge in [-0.1, -0.05) is 0 Å². The van der Waals surface area contributed by atoms with E-state index in [2.05, 4.69) is 31.9 Å². The molecule has 0 saturated heterocycles. The van der Waals surface area contributed by atoms with Crippen LogP contribution in [-0.4, -0.2) is 274 Å². The van der Waals surface area contributed by atoms with Crippen molar-refractivity contribution in [2.75, 3.05) is 120 Å². The van der Waals surface area contributed by atoms with E-state index in [1.54, 1.807) is 203 Å². The van der Waals surface area contributed by atoms with E-state index in [-0.39, 0.29) is 82.6 Å². The van der Waals surface area contributed by atoms with Crippen molar-refractivity contribution in [1.82, 2.24) is 31.9 Å². The number of carbonyl (C=O) groups excluding carboxylic acids is 9. The molecule has 9 amide bonds. The number of aliphatic hydroxyl groups is 13. The predicted octanol–water partition coefficient (Wildman–Crippen LogP) is -2.17. The Balaban J connectivity index is 2.06. The molecule has 0 bridgehead atoms. The molecule has 0 aromatic heterocycles. The fourth-order valence-corrected chi connectivity index (χ4v) is 22.4. The van der Waals surface area contributed by atoms with Crippen LogP contribution in [0.2, 0.25) is 0 Å². The van der Waals surface area contributed by atoms with Gasteiger partial charge in [0.15, 0.2) is 0 Å². The number of aliphatic hydroxyl groups excluding tert-OH is 13. The van der Waals surface area contributed by atoms with Gasteiger partial charge < -0.3 is 118 Å². The molecule has 0 aliphatic heterocycles. The minimum Gasteiger partial charge on any atom is -0.394 e. The lowest BCUT2D eigenvalue weighted by Gasteiger charge is -2.32. The van der Waals surface area contributed by atoms with Crippen molar-refractivity contribution >= 4 is 274 Å². The minimum absolute atomic E-state index is 0.00603. The molecule has 0 aliphatic carbocycles. The number of carbonyl (C=O) groups is 9. The van der Waals surface area contributed by atoms with Gasteiger partial charge in [-0.15, -0.1) is 0 Å². The van der Waals surface area contributed by atoms with Gasteiger partial charge in [0, 0.05) is 70.8 Å². The lowest BCUT2D eigenvalue weighted by molar-refractivity contribution is -0.118. The number of amides is 9. The lowest BCUT2D eigenvalue weighted by atomic mass is 10.1. The fraction of sp³-hybridized carbons (Fsp3) is 0.500. The van der Waals surface area contributed by atoms with E-state index in [4.69, 9.17) is 4.74 Å². The van der Waals surface area contributed by atoms with Crippen LogP contribution in [0.25, 0.3) is 0 Å². The van der Waals surface area contributed by atoms with Gasteiger partial charge in [-0.25, -0.2) is 0 Å². The summed E-state index contributed by atoms with van der Waals surface area (Å²) in [5, 5.41) is 147. The van der Waals surface area contributed by atoms with Crippen molar-refractivity contribution in [3.63, 3.8) is 0 Å². The van der Waals surface area contributed by atoms with E-state index in [0.717, 1.165) is 35.5 Å². The molecule has 0 heterocycles. The Kier molecular flexibility index (Phi) is 39.4. The second-order valence-corrected chi connectivity index (χ2v) is 30.2. The number of hydrogen-bond donors (Lipinski definition) is 19. The van der Waals surface area contributed by atoms with E-state index in [1.807, 2.05) is 0 Å². The lowest BCUT2D eigenvalue weighted by Crippen LogP contribution is -2.45. The summed E-state index contributed by atoms with van der Waals surface area (Å²) in [4.78, 5) is 128. The second-order valence-electron chi connectivity index (χ2n) is 20.5. The topological polar surface area (TPSA) is 508 Å². The zero-order chi connectivity index (χ0) is 72.2. The van der Waals surface area contributed by atoms with Crippen LogP contribution >= 0.6 is 203 Å². The van der Waals surface area contributed by atoms with Gasteiger partial charge in [-0.3, -0.25) is 43.2 Å². The molecule has 3 aromatic carbocycles. The van der Waals surface area contributed by atoms with Gasteiger partial charge in [0.25, 0.3) is 35.4 Å². The van der Waals surface area contributed by atoms with Crippen LogP contribution in [0, 0.1) is 32.1 Å². The Morgan fingerprint density at radius 3 is 0.674 bits per heavy atom. The van der Waals surface area contributed by atoms with Crippen LogP contribution < -0.4 is 46.6 Å². The highest BCUT2D eigenvalue weighted by atomic mass is 127. The molecule has 8 atom stereocenters. The Hall–Kier alpha value is -1.10. The smallest absolute Gasteiger partial charge is 0.253 e. The van der Waals surface area contributed by atoms with Crippen molar-refractivity contribution in [1.29, 1.82) is 0 Å². The van der Waals surface area contributed by atoms with E-state index >= 15 is 0 Å². The van der Waals surface area contributed by atoms with Crippen LogP contribution in [-0.2, 0) is 19.1 Å². The minimum atomic E-state index is -1.73. The molecule has 19 N–H and O–H groups in total. The largest absolute Gasteiger partial charge is 0.394 e. The first-order valence-electron chi connectivity index (χ1n) is 27.7. The molecular weight excluding hydrogens is 2280 g/mol. The summed E-state index contributed by atoms with van der Waals surface area (Å²) in [5.41, 5.74) is -1.25. The Labute approximate surface area is 666 Å². The van der Waals surface area contributed by atoms with Crippen LogP contribution in [0.4, 0.5) is 17.1 Å². The van der Waals surface area contributed by atoms with Crippen LogP contribution in [0.1, 0.15) is 82.9 Å². The zero-order valence-electron chi connectivity index (χ0n) is 50.1. The summed E-state index contributed by atoms with van der Waals surface area (Å²) in [6.45, 7) is -5.88. The molecule has 0 spiro atoms. The first kappa shape index (κ1) is 88.1. The molecule has 0 radical (unpaired) electrons. The average Bonchev–Trinajstić information content (AvgIpc) is 0.776. The molecule has 3 rings (SSSR count). The van der Waals surface area contributed by atoms with Gasteiger partial charge in [0.1, 0.15) is 0 Å². The number of benzene rings is 3. The molecular formula is C54H68I9N9O23. The maximum Gasteiger partial charge on any atom is 0.253 e. The molecule has 3 aromatic rings. The van der Waals surface area contributed by atoms with Crippen molar-refractivity contribution in [2.24, 2.45) is 0 Å². The standard InChI is InChI=1S/C54H68I9N9O23/c1-20(78)70(46-40(58)31(49(89)64-4-23(81)13-73)37(55)32(41(46)59)50(90)65-5-24(82)14-74)10-29(87)11-71(21(2)79)47-42(60)33(51(91)66-6-25(83)15-75)39(57)36(43(47)61)54(94)69-9-28(86)18-95-19-30(88)12-72(22(3)80)48-44(62)34(52(92)67-7-26(84)16-76)38(56)35(45(48)63)53(93)68-8-27(85)17-77/h23-30,73-77,81-88H,4-19H2,1-3H3,(H,64,89)(H,65,90)(H,66,91)(H,67,92)(H,68,93)(H,69,94). The summed E-state index contributed by atoms with van der Waals surface area (Å²) in [6.07, 6.45) is -11.7. The summed E-state index contributed by atoms with van der Waals surface area (Å²) < 4.78 is 6.17. The summed E-state index contributed by atoms with van der Waals surface area (Å²) >= 11 is 15.8. The molecule has 8 unspecified atom stereocenters. The predicted molar refractivity (Wildman–Crippen MR) is 416 cm³/mol. The first-order chi connectivity index (χ1) is 44.5. The van der Waals surface area contributed by atoms with Gasteiger partial charge in [0.05, 0.1) is 187 Å². The second kappa shape index (κ2) is 42.5. The summed E-state index contributed by atoms with van der Waals surface area (Å²) in [7, 11) is 0. The summed E-state index contributed by atoms with van der Waals surface area (Å²) in [6, 6.07) is 0. The summed E-state index contributed by atoms with van der Waals surface area (Å²) in [5.74, 6) is -7.36. The van der Waals surface area contributed by atoms with E-state index in [1.165, 1.54) is 0 Å². The average molecular weight is 2350 g/mol. The number of anilines is 3. The van der Waals surface area contributed by atoms with Gasteiger partial charge in [0.2, 0.25) is 17.7 Å². The van der Waals surface area contributed by atoms with E-state index < -0.39 is 207 Å². The van der Waals surface area contributed by atoms with E-state index in [0.29, 0.717) is 0 Å². The highest BCUT2D eigenvalue weighted by Gasteiger charge is 2.37. The van der Waals surface area contributed by atoms with Crippen molar-refractivity contribution in [2.45, 2.75) is 69.6 Å². The van der Waals surface area contributed by atoms with Crippen LogP contribution in [0.3, 0.4) is 0 Å². The molecule has 41 heteroatoms.